The Hall–Kier alpha value is -0.890. The van der Waals surface area contributed by atoms with Crippen LogP contribution in [0.3, 0.4) is 0 Å². The van der Waals surface area contributed by atoms with Gasteiger partial charge in [0.15, 0.2) is 0 Å². The molecule has 0 saturated heterocycles. The summed E-state index contributed by atoms with van der Waals surface area (Å²) in [5.41, 5.74) is 2.57. The SMILES string of the molecule is C=CCSC1CCc2ccccc2[N]1. The zero-order chi connectivity index (χ0) is 9.80. The number of aryl methyl sites for hydroxylation is 1. The topological polar surface area (TPSA) is 14.1 Å². The van der Waals surface area contributed by atoms with Gasteiger partial charge in [-0.3, -0.25) is 5.32 Å². The molecule has 1 aromatic rings. The molecule has 0 amide bonds. The van der Waals surface area contributed by atoms with Crippen molar-refractivity contribution in [2.24, 2.45) is 0 Å². The van der Waals surface area contributed by atoms with Crippen molar-refractivity contribution >= 4 is 17.4 Å². The van der Waals surface area contributed by atoms with Gasteiger partial charge in [0, 0.05) is 5.75 Å². The van der Waals surface area contributed by atoms with Crippen LogP contribution < -0.4 is 5.32 Å². The van der Waals surface area contributed by atoms with Gasteiger partial charge in [0.25, 0.3) is 0 Å². The Morgan fingerprint density at radius 1 is 1.50 bits per heavy atom. The summed E-state index contributed by atoms with van der Waals surface area (Å²) in [6, 6.07) is 8.43. The highest BCUT2D eigenvalue weighted by molar-refractivity contribution is 8.00. The number of benzene rings is 1. The van der Waals surface area contributed by atoms with Crippen LogP contribution in [0.15, 0.2) is 36.9 Å². The third-order valence-corrected chi connectivity index (χ3v) is 3.50. The number of nitrogens with zero attached hydrogens (tertiary/aromatic N) is 1. The van der Waals surface area contributed by atoms with Gasteiger partial charge in [-0.1, -0.05) is 24.3 Å². The van der Waals surface area contributed by atoms with Crippen molar-refractivity contribution in [2.75, 3.05) is 5.75 Å². The molecule has 1 heterocycles. The summed E-state index contributed by atoms with van der Waals surface area (Å²) in [4.78, 5) is 0. The average molecular weight is 204 g/mol. The molecular weight excluding hydrogens is 190 g/mol. The summed E-state index contributed by atoms with van der Waals surface area (Å²) < 4.78 is 0. The summed E-state index contributed by atoms with van der Waals surface area (Å²) in [7, 11) is 0. The predicted octanol–water partition coefficient (Wildman–Crippen LogP) is 3.11. The molecule has 1 aliphatic rings. The van der Waals surface area contributed by atoms with Gasteiger partial charge in [0.2, 0.25) is 0 Å². The van der Waals surface area contributed by atoms with Crippen LogP contribution in [0.25, 0.3) is 0 Å². The van der Waals surface area contributed by atoms with Crippen molar-refractivity contribution in [3.63, 3.8) is 0 Å². The van der Waals surface area contributed by atoms with Crippen molar-refractivity contribution in [1.82, 2.24) is 5.32 Å². The normalized spacial score (nSPS) is 19.6. The van der Waals surface area contributed by atoms with Crippen LogP contribution in [0, 0.1) is 0 Å². The lowest BCUT2D eigenvalue weighted by atomic mass is 10.0. The Morgan fingerprint density at radius 3 is 3.21 bits per heavy atom. The minimum atomic E-state index is 0.433. The van der Waals surface area contributed by atoms with Gasteiger partial charge in [-0.2, -0.15) is 0 Å². The maximum Gasteiger partial charge on any atom is 0.0964 e. The standard InChI is InChI=1S/C12H14NS/c1-2-9-14-12-8-7-10-5-3-4-6-11(10)13-12/h2-6,12H,1,7-9H2. The fourth-order valence-corrected chi connectivity index (χ4v) is 2.48. The van der Waals surface area contributed by atoms with Crippen molar-refractivity contribution in [1.29, 1.82) is 0 Å². The molecule has 2 rings (SSSR count). The Labute approximate surface area is 89.6 Å². The molecule has 14 heavy (non-hydrogen) atoms. The lowest BCUT2D eigenvalue weighted by molar-refractivity contribution is 0.660. The van der Waals surface area contributed by atoms with Crippen molar-refractivity contribution in [3.8, 4) is 0 Å². The van der Waals surface area contributed by atoms with Crippen LogP contribution >= 0.6 is 11.8 Å². The Morgan fingerprint density at radius 2 is 2.36 bits per heavy atom. The second kappa shape index (κ2) is 4.56. The van der Waals surface area contributed by atoms with E-state index in [1.165, 1.54) is 11.3 Å². The number of rotatable bonds is 3. The summed E-state index contributed by atoms with van der Waals surface area (Å²) in [6.45, 7) is 3.73. The quantitative estimate of drug-likeness (QED) is 0.690. The van der Waals surface area contributed by atoms with E-state index in [0.29, 0.717) is 5.37 Å². The molecule has 0 N–H and O–H groups in total. The van der Waals surface area contributed by atoms with Gasteiger partial charge >= 0.3 is 0 Å². The number of fused-ring (bicyclic) bond motifs is 1. The largest absolute Gasteiger partial charge is 0.271 e. The highest BCUT2D eigenvalue weighted by Gasteiger charge is 2.18. The maximum atomic E-state index is 4.70. The molecule has 1 aromatic carbocycles. The minimum Gasteiger partial charge on any atom is -0.271 e. The first-order valence-electron chi connectivity index (χ1n) is 4.91. The van der Waals surface area contributed by atoms with E-state index in [2.05, 4.69) is 30.8 Å². The van der Waals surface area contributed by atoms with Gasteiger partial charge in [-0.05, 0) is 24.5 Å². The summed E-state index contributed by atoms with van der Waals surface area (Å²) >= 11 is 1.88. The number of para-hydroxylation sites is 1. The Bertz CT molecular complexity index is 322. The van der Waals surface area contributed by atoms with Gasteiger partial charge in [-0.15, -0.1) is 18.3 Å². The highest BCUT2D eigenvalue weighted by atomic mass is 32.2. The molecule has 1 unspecified atom stereocenters. The van der Waals surface area contributed by atoms with Crippen molar-refractivity contribution in [3.05, 3.63) is 42.5 Å². The van der Waals surface area contributed by atoms with Crippen LogP contribution in [-0.4, -0.2) is 11.1 Å². The second-order valence-electron chi connectivity index (χ2n) is 3.37. The molecule has 0 fully saturated rings. The van der Waals surface area contributed by atoms with E-state index in [0.717, 1.165) is 18.6 Å². The monoisotopic (exact) mass is 204 g/mol. The van der Waals surface area contributed by atoms with Gasteiger partial charge in [0.05, 0.1) is 11.1 Å². The highest BCUT2D eigenvalue weighted by Crippen LogP contribution is 2.29. The van der Waals surface area contributed by atoms with E-state index >= 15 is 0 Å². The van der Waals surface area contributed by atoms with Crippen molar-refractivity contribution in [2.45, 2.75) is 18.2 Å². The first kappa shape index (κ1) is 9.66. The van der Waals surface area contributed by atoms with Crippen LogP contribution in [0.1, 0.15) is 12.0 Å². The Kier molecular flexibility index (Phi) is 3.14. The molecule has 1 radical (unpaired) electrons. The van der Waals surface area contributed by atoms with Crippen molar-refractivity contribution < 1.29 is 0 Å². The first-order chi connectivity index (χ1) is 6.90. The maximum absolute atomic E-state index is 4.70. The molecule has 73 valence electrons. The molecular formula is C12H14NS. The molecule has 1 nitrogen and oxygen atoms in total. The molecule has 0 aliphatic carbocycles. The summed E-state index contributed by atoms with van der Waals surface area (Å²) in [6.07, 6.45) is 4.27. The number of hydrogen-bond donors (Lipinski definition) is 0. The molecule has 1 atom stereocenters. The molecule has 0 bridgehead atoms. The van der Waals surface area contributed by atoms with Crippen LogP contribution in [0.5, 0.6) is 0 Å². The van der Waals surface area contributed by atoms with E-state index in [-0.39, 0.29) is 0 Å². The lowest BCUT2D eigenvalue weighted by Crippen LogP contribution is -2.21. The minimum absolute atomic E-state index is 0.433. The molecule has 0 saturated carbocycles. The summed E-state index contributed by atoms with van der Waals surface area (Å²) in [5.74, 6) is 0.996. The second-order valence-corrected chi connectivity index (χ2v) is 4.58. The fraction of sp³-hybridized carbons (Fsp3) is 0.333. The van der Waals surface area contributed by atoms with E-state index < -0.39 is 0 Å². The molecule has 0 aromatic heterocycles. The third-order valence-electron chi connectivity index (χ3n) is 2.34. The van der Waals surface area contributed by atoms with Gasteiger partial charge in [-0.25, -0.2) is 0 Å². The van der Waals surface area contributed by atoms with Gasteiger partial charge in [0.1, 0.15) is 0 Å². The number of thioether (sulfide) groups is 1. The zero-order valence-electron chi connectivity index (χ0n) is 8.15. The van der Waals surface area contributed by atoms with E-state index in [1.54, 1.807) is 0 Å². The van der Waals surface area contributed by atoms with Crippen LogP contribution in [0.4, 0.5) is 5.69 Å². The Balaban J connectivity index is 2.02. The van der Waals surface area contributed by atoms with Crippen LogP contribution in [0.2, 0.25) is 0 Å². The number of hydrogen-bond acceptors (Lipinski definition) is 1. The smallest absolute Gasteiger partial charge is 0.0964 e. The molecule has 0 spiro atoms. The lowest BCUT2D eigenvalue weighted by Gasteiger charge is -2.23. The average Bonchev–Trinajstić information content (AvgIpc) is 2.26. The molecule has 1 aliphatic heterocycles. The van der Waals surface area contributed by atoms with E-state index in [4.69, 9.17) is 5.32 Å². The predicted molar refractivity (Wildman–Crippen MR) is 63.0 cm³/mol. The molecule has 2 heteroatoms. The van der Waals surface area contributed by atoms with E-state index in [1.807, 2.05) is 17.8 Å². The third kappa shape index (κ3) is 2.13. The fourth-order valence-electron chi connectivity index (χ4n) is 1.65. The van der Waals surface area contributed by atoms with E-state index in [9.17, 15) is 0 Å². The van der Waals surface area contributed by atoms with Crippen LogP contribution in [-0.2, 0) is 6.42 Å². The van der Waals surface area contributed by atoms with Gasteiger partial charge < -0.3 is 0 Å². The summed E-state index contributed by atoms with van der Waals surface area (Å²) in [5, 5.41) is 5.13. The zero-order valence-corrected chi connectivity index (χ0v) is 8.96. The first-order valence-corrected chi connectivity index (χ1v) is 5.96.